The SMILES string of the molecule is COc1c(Br)cc(CC#N)c(F)c1F. The lowest BCUT2D eigenvalue weighted by Crippen LogP contribution is -1.98. The Morgan fingerprint density at radius 3 is 2.64 bits per heavy atom. The van der Waals surface area contributed by atoms with E-state index >= 15 is 0 Å². The number of hydrogen-bond acceptors (Lipinski definition) is 2. The maximum absolute atomic E-state index is 13.2. The smallest absolute Gasteiger partial charge is 0.202 e. The summed E-state index contributed by atoms with van der Waals surface area (Å²) in [4.78, 5) is 0. The highest BCUT2D eigenvalue weighted by Gasteiger charge is 2.17. The third-order valence-corrected chi connectivity index (χ3v) is 2.25. The zero-order chi connectivity index (χ0) is 10.7. The lowest BCUT2D eigenvalue weighted by molar-refractivity contribution is 0.368. The second kappa shape index (κ2) is 4.38. The summed E-state index contributed by atoms with van der Waals surface area (Å²) in [6.45, 7) is 0. The molecule has 2 nitrogen and oxygen atoms in total. The van der Waals surface area contributed by atoms with Crippen molar-refractivity contribution in [3.63, 3.8) is 0 Å². The van der Waals surface area contributed by atoms with Gasteiger partial charge in [-0.05, 0) is 22.0 Å². The lowest BCUT2D eigenvalue weighted by Gasteiger charge is -2.07. The molecule has 0 aromatic heterocycles. The third kappa shape index (κ3) is 1.85. The van der Waals surface area contributed by atoms with Gasteiger partial charge in [0.25, 0.3) is 0 Å². The second-order valence-electron chi connectivity index (χ2n) is 2.51. The van der Waals surface area contributed by atoms with Crippen molar-refractivity contribution in [1.82, 2.24) is 0 Å². The predicted octanol–water partition coefficient (Wildman–Crippen LogP) is 2.80. The molecular formula is C9H6BrF2NO. The van der Waals surface area contributed by atoms with Crippen LogP contribution in [0.5, 0.6) is 5.75 Å². The Hall–Kier alpha value is -1.15. The van der Waals surface area contributed by atoms with Gasteiger partial charge >= 0.3 is 0 Å². The van der Waals surface area contributed by atoms with E-state index in [4.69, 9.17) is 5.26 Å². The fourth-order valence-corrected chi connectivity index (χ4v) is 1.64. The highest BCUT2D eigenvalue weighted by Crippen LogP contribution is 2.31. The van der Waals surface area contributed by atoms with Gasteiger partial charge in [0.15, 0.2) is 11.6 Å². The molecule has 74 valence electrons. The van der Waals surface area contributed by atoms with Gasteiger partial charge in [-0.1, -0.05) is 0 Å². The summed E-state index contributed by atoms with van der Waals surface area (Å²) in [5.74, 6) is -2.30. The third-order valence-electron chi connectivity index (χ3n) is 1.67. The first-order valence-corrected chi connectivity index (χ1v) is 4.48. The van der Waals surface area contributed by atoms with Crippen LogP contribution in [0.4, 0.5) is 8.78 Å². The molecule has 0 saturated heterocycles. The van der Waals surface area contributed by atoms with Crippen molar-refractivity contribution >= 4 is 15.9 Å². The van der Waals surface area contributed by atoms with Crippen LogP contribution in [-0.4, -0.2) is 7.11 Å². The van der Waals surface area contributed by atoms with Crippen LogP contribution >= 0.6 is 15.9 Å². The number of methoxy groups -OCH3 is 1. The summed E-state index contributed by atoms with van der Waals surface area (Å²) in [5, 5.41) is 8.37. The topological polar surface area (TPSA) is 33.0 Å². The van der Waals surface area contributed by atoms with E-state index in [1.165, 1.54) is 13.2 Å². The van der Waals surface area contributed by atoms with E-state index in [1.54, 1.807) is 6.07 Å². The van der Waals surface area contributed by atoms with Gasteiger partial charge in [-0.15, -0.1) is 0 Å². The quantitative estimate of drug-likeness (QED) is 0.768. The summed E-state index contributed by atoms with van der Waals surface area (Å²) < 4.78 is 31.3. The van der Waals surface area contributed by atoms with Crippen molar-refractivity contribution in [2.24, 2.45) is 0 Å². The van der Waals surface area contributed by atoms with Crippen LogP contribution in [0.2, 0.25) is 0 Å². The summed E-state index contributed by atoms with van der Waals surface area (Å²) in [5.41, 5.74) is 0.0117. The van der Waals surface area contributed by atoms with E-state index in [2.05, 4.69) is 20.7 Å². The van der Waals surface area contributed by atoms with Gasteiger partial charge in [0.05, 0.1) is 24.1 Å². The molecule has 0 aliphatic carbocycles. The molecular weight excluding hydrogens is 256 g/mol. The van der Waals surface area contributed by atoms with Crippen LogP contribution in [-0.2, 0) is 6.42 Å². The van der Waals surface area contributed by atoms with Crippen molar-refractivity contribution in [3.05, 3.63) is 27.7 Å². The molecule has 0 spiro atoms. The lowest BCUT2D eigenvalue weighted by atomic mass is 10.1. The summed E-state index contributed by atoms with van der Waals surface area (Å²) >= 11 is 3.02. The molecule has 0 fully saturated rings. The van der Waals surface area contributed by atoms with Gasteiger partial charge in [0.1, 0.15) is 0 Å². The Balaban J connectivity index is 3.34. The van der Waals surface area contributed by atoms with Crippen LogP contribution in [0.15, 0.2) is 10.5 Å². The van der Waals surface area contributed by atoms with Crippen molar-refractivity contribution < 1.29 is 13.5 Å². The summed E-state index contributed by atoms with van der Waals surface area (Å²) in [6, 6.07) is 3.08. The standard InChI is InChI=1S/C9H6BrF2NO/c1-14-9-6(10)4-5(2-3-13)7(11)8(9)12/h4H,2H2,1H3. The van der Waals surface area contributed by atoms with Crippen LogP contribution in [0.1, 0.15) is 5.56 Å². The van der Waals surface area contributed by atoms with E-state index in [9.17, 15) is 8.78 Å². The molecule has 0 aliphatic rings. The molecule has 1 rings (SSSR count). The minimum atomic E-state index is -1.08. The normalized spacial score (nSPS) is 9.64. The fraction of sp³-hybridized carbons (Fsp3) is 0.222. The molecule has 0 bridgehead atoms. The molecule has 0 atom stereocenters. The van der Waals surface area contributed by atoms with E-state index < -0.39 is 11.6 Å². The first kappa shape index (κ1) is 10.9. The molecule has 0 aliphatic heterocycles. The van der Waals surface area contributed by atoms with E-state index in [1.807, 2.05) is 0 Å². The number of ether oxygens (including phenoxy) is 1. The molecule has 0 amide bonds. The van der Waals surface area contributed by atoms with Gasteiger partial charge in [0, 0.05) is 5.56 Å². The average molecular weight is 262 g/mol. The molecule has 0 N–H and O–H groups in total. The van der Waals surface area contributed by atoms with Crippen LogP contribution in [0, 0.1) is 23.0 Å². The van der Waals surface area contributed by atoms with Gasteiger partial charge < -0.3 is 4.74 Å². The average Bonchev–Trinajstić information content (AvgIpc) is 2.15. The minimum Gasteiger partial charge on any atom is -0.492 e. The Morgan fingerprint density at radius 2 is 2.14 bits per heavy atom. The van der Waals surface area contributed by atoms with Crippen molar-refractivity contribution in [1.29, 1.82) is 5.26 Å². The first-order chi connectivity index (χ1) is 6.61. The summed E-state index contributed by atoms with van der Waals surface area (Å²) in [6.07, 6.45) is -0.175. The Labute approximate surface area is 88.2 Å². The Kier molecular flexibility index (Phi) is 3.42. The number of nitrogens with zero attached hydrogens (tertiary/aromatic N) is 1. The molecule has 14 heavy (non-hydrogen) atoms. The predicted molar refractivity (Wildman–Crippen MR) is 49.9 cm³/mol. The number of hydrogen-bond donors (Lipinski definition) is 0. The largest absolute Gasteiger partial charge is 0.492 e. The highest BCUT2D eigenvalue weighted by molar-refractivity contribution is 9.10. The Bertz CT molecular complexity index is 401. The first-order valence-electron chi connectivity index (χ1n) is 3.69. The van der Waals surface area contributed by atoms with Crippen LogP contribution in [0.3, 0.4) is 0 Å². The van der Waals surface area contributed by atoms with Gasteiger partial charge in [-0.3, -0.25) is 0 Å². The summed E-state index contributed by atoms with van der Waals surface area (Å²) in [7, 11) is 1.24. The Morgan fingerprint density at radius 1 is 1.50 bits per heavy atom. The maximum Gasteiger partial charge on any atom is 0.202 e. The van der Waals surface area contributed by atoms with Gasteiger partial charge in [0.2, 0.25) is 5.82 Å². The molecule has 1 aromatic carbocycles. The molecule has 0 unspecified atom stereocenters. The molecule has 5 heteroatoms. The zero-order valence-corrected chi connectivity index (χ0v) is 8.86. The minimum absolute atomic E-state index is 0.0117. The maximum atomic E-state index is 13.2. The fourth-order valence-electron chi connectivity index (χ4n) is 1.03. The monoisotopic (exact) mass is 261 g/mol. The van der Waals surface area contributed by atoms with Crippen LogP contribution in [0.25, 0.3) is 0 Å². The molecule has 0 saturated carbocycles. The van der Waals surface area contributed by atoms with E-state index in [0.29, 0.717) is 4.47 Å². The number of rotatable bonds is 2. The van der Waals surface area contributed by atoms with E-state index in [0.717, 1.165) is 0 Å². The second-order valence-corrected chi connectivity index (χ2v) is 3.37. The van der Waals surface area contributed by atoms with Crippen LogP contribution < -0.4 is 4.74 Å². The number of benzene rings is 1. The molecule has 0 radical (unpaired) electrons. The highest BCUT2D eigenvalue weighted by atomic mass is 79.9. The van der Waals surface area contributed by atoms with Crippen molar-refractivity contribution in [2.75, 3.05) is 7.11 Å². The van der Waals surface area contributed by atoms with Gasteiger partial charge in [-0.25, -0.2) is 4.39 Å². The molecule has 0 heterocycles. The number of halogens is 3. The van der Waals surface area contributed by atoms with Crippen molar-refractivity contribution in [3.8, 4) is 11.8 Å². The van der Waals surface area contributed by atoms with E-state index in [-0.39, 0.29) is 17.7 Å². The van der Waals surface area contributed by atoms with Gasteiger partial charge in [-0.2, -0.15) is 9.65 Å². The molecule has 1 aromatic rings. The number of nitriles is 1. The van der Waals surface area contributed by atoms with Crippen molar-refractivity contribution in [2.45, 2.75) is 6.42 Å². The zero-order valence-electron chi connectivity index (χ0n) is 7.27.